The van der Waals surface area contributed by atoms with Crippen molar-refractivity contribution in [2.45, 2.75) is 46.2 Å². The summed E-state index contributed by atoms with van der Waals surface area (Å²) in [4.78, 5) is 8.52. The summed E-state index contributed by atoms with van der Waals surface area (Å²) < 4.78 is 0. The van der Waals surface area contributed by atoms with Gasteiger partial charge in [-0.25, -0.2) is 9.97 Å². The first-order valence-electron chi connectivity index (χ1n) is 6.04. The average molecular weight is 222 g/mol. The van der Waals surface area contributed by atoms with Crippen LogP contribution in [-0.2, 0) is 6.54 Å². The Bertz CT molecular complexity index is 284. The lowest BCUT2D eigenvalue weighted by molar-refractivity contribution is 0.533. The molecular formula is C12H22N4. The molecule has 0 aromatic carbocycles. The molecule has 0 spiro atoms. The van der Waals surface area contributed by atoms with E-state index in [0.29, 0.717) is 12.0 Å². The third-order valence-electron chi connectivity index (χ3n) is 2.51. The van der Waals surface area contributed by atoms with Crippen molar-refractivity contribution in [3.05, 3.63) is 18.0 Å². The van der Waals surface area contributed by atoms with Crippen LogP contribution >= 0.6 is 0 Å². The van der Waals surface area contributed by atoms with Crippen LogP contribution in [-0.4, -0.2) is 22.6 Å². The van der Waals surface area contributed by atoms with E-state index < -0.39 is 0 Å². The molecule has 4 nitrogen and oxygen atoms in total. The summed E-state index contributed by atoms with van der Waals surface area (Å²) in [5.74, 6) is 0.717. The molecular weight excluding hydrogens is 200 g/mol. The number of aromatic nitrogens is 2. The maximum atomic E-state index is 4.26. The minimum atomic E-state index is 0.540. The van der Waals surface area contributed by atoms with Crippen LogP contribution in [0.1, 0.15) is 39.2 Å². The van der Waals surface area contributed by atoms with Crippen LogP contribution in [0.15, 0.2) is 12.4 Å². The number of rotatable bonds is 7. The molecule has 0 bridgehead atoms. The Morgan fingerprint density at radius 2 is 1.94 bits per heavy atom. The fraction of sp³-hybridized carbons (Fsp3) is 0.667. The topological polar surface area (TPSA) is 49.8 Å². The van der Waals surface area contributed by atoms with Crippen molar-refractivity contribution >= 4 is 5.95 Å². The van der Waals surface area contributed by atoms with Gasteiger partial charge >= 0.3 is 0 Å². The summed E-state index contributed by atoms with van der Waals surface area (Å²) >= 11 is 0. The van der Waals surface area contributed by atoms with E-state index >= 15 is 0 Å². The number of hydrogen-bond donors (Lipinski definition) is 2. The van der Waals surface area contributed by atoms with Crippen molar-refractivity contribution in [2.75, 3.05) is 11.9 Å². The summed E-state index contributed by atoms with van der Waals surface area (Å²) in [6.45, 7) is 8.23. The molecule has 0 saturated heterocycles. The van der Waals surface area contributed by atoms with Crippen LogP contribution in [0.2, 0.25) is 0 Å². The summed E-state index contributed by atoms with van der Waals surface area (Å²) in [5.41, 5.74) is 1.13. The Balaban J connectivity index is 2.38. The molecule has 0 aliphatic heterocycles. The van der Waals surface area contributed by atoms with Gasteiger partial charge in [0.1, 0.15) is 0 Å². The van der Waals surface area contributed by atoms with E-state index in [-0.39, 0.29) is 0 Å². The van der Waals surface area contributed by atoms with Gasteiger partial charge in [-0.2, -0.15) is 0 Å². The van der Waals surface area contributed by atoms with E-state index in [0.717, 1.165) is 31.5 Å². The molecule has 1 rings (SSSR count). The third kappa shape index (κ3) is 4.57. The Kier molecular flexibility index (Phi) is 5.78. The Morgan fingerprint density at radius 3 is 2.50 bits per heavy atom. The molecule has 0 radical (unpaired) electrons. The normalized spacial score (nSPS) is 12.4. The molecule has 2 N–H and O–H groups in total. The zero-order valence-electron chi connectivity index (χ0n) is 10.5. The predicted molar refractivity (Wildman–Crippen MR) is 67.4 cm³/mol. The summed E-state index contributed by atoms with van der Waals surface area (Å²) in [5, 5.41) is 6.57. The van der Waals surface area contributed by atoms with Crippen LogP contribution in [0.3, 0.4) is 0 Å². The molecule has 90 valence electrons. The van der Waals surface area contributed by atoms with Gasteiger partial charge in [-0.05, 0) is 19.8 Å². The SMILES string of the molecule is CCCNc1ncc(CN[C@@H](C)CC)cn1. The molecule has 0 unspecified atom stereocenters. The lowest BCUT2D eigenvalue weighted by Gasteiger charge is -2.10. The molecule has 0 saturated carbocycles. The highest BCUT2D eigenvalue weighted by molar-refractivity contribution is 5.24. The molecule has 0 aliphatic rings. The van der Waals surface area contributed by atoms with Crippen LogP contribution in [0.4, 0.5) is 5.95 Å². The number of nitrogens with one attached hydrogen (secondary N) is 2. The second-order valence-corrected chi connectivity index (χ2v) is 4.03. The van der Waals surface area contributed by atoms with E-state index in [4.69, 9.17) is 0 Å². The lowest BCUT2D eigenvalue weighted by Crippen LogP contribution is -2.24. The monoisotopic (exact) mass is 222 g/mol. The summed E-state index contributed by atoms with van der Waals surface area (Å²) in [6.07, 6.45) is 5.97. The van der Waals surface area contributed by atoms with E-state index in [1.54, 1.807) is 0 Å². The first-order valence-corrected chi connectivity index (χ1v) is 6.04. The minimum Gasteiger partial charge on any atom is -0.354 e. The Hall–Kier alpha value is -1.16. The number of nitrogens with zero attached hydrogens (tertiary/aromatic N) is 2. The van der Waals surface area contributed by atoms with Gasteiger partial charge in [0.25, 0.3) is 0 Å². The van der Waals surface area contributed by atoms with Crippen LogP contribution in [0.25, 0.3) is 0 Å². The van der Waals surface area contributed by atoms with Gasteiger partial charge in [0.2, 0.25) is 5.95 Å². The fourth-order valence-electron chi connectivity index (χ4n) is 1.21. The highest BCUT2D eigenvalue weighted by Crippen LogP contribution is 2.01. The average Bonchev–Trinajstić information content (AvgIpc) is 2.34. The molecule has 0 fully saturated rings. The molecule has 1 heterocycles. The van der Waals surface area contributed by atoms with Crippen molar-refractivity contribution in [1.82, 2.24) is 15.3 Å². The molecule has 4 heteroatoms. The van der Waals surface area contributed by atoms with Gasteiger partial charge in [-0.1, -0.05) is 13.8 Å². The van der Waals surface area contributed by atoms with Crippen LogP contribution < -0.4 is 10.6 Å². The minimum absolute atomic E-state index is 0.540. The number of anilines is 1. The van der Waals surface area contributed by atoms with Crippen molar-refractivity contribution in [1.29, 1.82) is 0 Å². The van der Waals surface area contributed by atoms with Crippen LogP contribution in [0, 0.1) is 0 Å². The lowest BCUT2D eigenvalue weighted by atomic mass is 10.2. The molecule has 1 atom stereocenters. The van der Waals surface area contributed by atoms with E-state index in [2.05, 4.69) is 41.4 Å². The fourth-order valence-corrected chi connectivity index (χ4v) is 1.21. The largest absolute Gasteiger partial charge is 0.354 e. The molecule has 0 amide bonds. The van der Waals surface area contributed by atoms with E-state index in [9.17, 15) is 0 Å². The van der Waals surface area contributed by atoms with Gasteiger partial charge in [-0.3, -0.25) is 0 Å². The first kappa shape index (κ1) is 12.9. The van der Waals surface area contributed by atoms with Crippen molar-refractivity contribution < 1.29 is 0 Å². The third-order valence-corrected chi connectivity index (χ3v) is 2.51. The highest BCUT2D eigenvalue weighted by Gasteiger charge is 1.99. The van der Waals surface area contributed by atoms with Crippen molar-refractivity contribution in [3.8, 4) is 0 Å². The second kappa shape index (κ2) is 7.17. The molecule has 1 aromatic rings. The maximum Gasteiger partial charge on any atom is 0.222 e. The smallest absolute Gasteiger partial charge is 0.222 e. The zero-order chi connectivity index (χ0) is 11.8. The van der Waals surface area contributed by atoms with Gasteiger partial charge in [-0.15, -0.1) is 0 Å². The summed E-state index contributed by atoms with van der Waals surface area (Å²) in [7, 11) is 0. The molecule has 1 aromatic heterocycles. The van der Waals surface area contributed by atoms with Gasteiger partial charge < -0.3 is 10.6 Å². The quantitative estimate of drug-likeness (QED) is 0.742. The first-order chi connectivity index (χ1) is 7.76. The van der Waals surface area contributed by atoms with Crippen molar-refractivity contribution in [2.24, 2.45) is 0 Å². The molecule has 16 heavy (non-hydrogen) atoms. The standard InChI is InChI=1S/C12H22N4/c1-4-6-13-12-15-8-11(9-16-12)7-14-10(3)5-2/h8-10,14H,4-7H2,1-3H3,(H,13,15,16)/t10-/m0/s1. The Labute approximate surface area is 97.9 Å². The van der Waals surface area contributed by atoms with Crippen LogP contribution in [0.5, 0.6) is 0 Å². The van der Waals surface area contributed by atoms with E-state index in [1.807, 2.05) is 12.4 Å². The Morgan fingerprint density at radius 1 is 1.25 bits per heavy atom. The van der Waals surface area contributed by atoms with Gasteiger partial charge in [0, 0.05) is 37.1 Å². The second-order valence-electron chi connectivity index (χ2n) is 4.03. The molecule has 0 aliphatic carbocycles. The number of hydrogen-bond acceptors (Lipinski definition) is 4. The maximum absolute atomic E-state index is 4.26. The van der Waals surface area contributed by atoms with Gasteiger partial charge in [0.15, 0.2) is 0 Å². The summed E-state index contributed by atoms with van der Waals surface area (Å²) in [6, 6.07) is 0.540. The zero-order valence-corrected chi connectivity index (χ0v) is 10.5. The highest BCUT2D eigenvalue weighted by atomic mass is 15.1. The predicted octanol–water partition coefficient (Wildman–Crippen LogP) is 2.19. The van der Waals surface area contributed by atoms with Gasteiger partial charge in [0.05, 0.1) is 0 Å². The van der Waals surface area contributed by atoms with Crippen molar-refractivity contribution in [3.63, 3.8) is 0 Å². The van der Waals surface area contributed by atoms with E-state index in [1.165, 1.54) is 0 Å².